The summed E-state index contributed by atoms with van der Waals surface area (Å²) in [4.78, 5) is 29.4. The van der Waals surface area contributed by atoms with E-state index in [1.165, 1.54) is 19.3 Å². The first kappa shape index (κ1) is 19.2. The predicted octanol–water partition coefficient (Wildman–Crippen LogP) is 4.29. The monoisotopic (exact) mass is 415 g/mol. The van der Waals surface area contributed by atoms with Crippen molar-refractivity contribution in [1.29, 1.82) is 0 Å². The van der Waals surface area contributed by atoms with Gasteiger partial charge in [0.2, 0.25) is 0 Å². The fourth-order valence-corrected chi connectivity index (χ4v) is 7.39. The number of carbonyl (C=O) groups excluding carboxylic acids is 2. The average molecular weight is 416 g/mol. The number of amides is 3. The number of hydrogen-bond donors (Lipinski definition) is 1. The third-order valence-electron chi connectivity index (χ3n) is 7.96. The van der Waals surface area contributed by atoms with Crippen molar-refractivity contribution in [3.8, 4) is 0 Å². The van der Waals surface area contributed by atoms with Crippen molar-refractivity contribution in [1.82, 2.24) is 9.80 Å². The Morgan fingerprint density at radius 3 is 1.97 bits per heavy atom. The molecule has 156 valence electrons. The molecule has 5 fully saturated rings. The van der Waals surface area contributed by atoms with Crippen molar-refractivity contribution in [3.63, 3.8) is 0 Å². The zero-order chi connectivity index (χ0) is 20.2. The molecule has 6 heteroatoms. The summed E-state index contributed by atoms with van der Waals surface area (Å²) in [7, 11) is 0. The smallest absolute Gasteiger partial charge is 0.315 e. The van der Waals surface area contributed by atoms with E-state index in [0.29, 0.717) is 23.7 Å². The molecule has 6 rings (SSSR count). The fourth-order valence-electron chi connectivity index (χ4n) is 7.26. The second-order valence-electron chi connectivity index (χ2n) is 9.88. The van der Waals surface area contributed by atoms with Crippen LogP contribution in [0.15, 0.2) is 24.3 Å². The molecule has 1 aliphatic heterocycles. The Balaban J connectivity index is 1.29. The minimum absolute atomic E-state index is 0.0202. The van der Waals surface area contributed by atoms with Gasteiger partial charge in [-0.25, -0.2) is 4.79 Å². The maximum atomic E-state index is 12.8. The van der Waals surface area contributed by atoms with Crippen LogP contribution in [0.2, 0.25) is 5.02 Å². The average Bonchev–Trinajstić information content (AvgIpc) is 2.67. The molecule has 1 heterocycles. The highest BCUT2D eigenvalue weighted by Crippen LogP contribution is 2.58. The highest BCUT2D eigenvalue weighted by molar-refractivity contribution is 6.30. The molecule has 0 aromatic heterocycles. The van der Waals surface area contributed by atoms with E-state index in [4.69, 9.17) is 17.3 Å². The SMILES string of the molecule is NC(=O)N(C1CCN(C(=O)c2ccc(Cl)cc2)CC1)C12CC3CC(CC(C3)C1)C2. The lowest BCUT2D eigenvalue weighted by Crippen LogP contribution is -2.66. The van der Waals surface area contributed by atoms with Crippen molar-refractivity contribution in [2.75, 3.05) is 13.1 Å². The summed E-state index contributed by atoms with van der Waals surface area (Å²) in [5.74, 6) is 2.36. The van der Waals surface area contributed by atoms with Gasteiger partial charge in [0.05, 0.1) is 0 Å². The molecular formula is C23H30ClN3O2. The number of carbonyl (C=O) groups is 2. The molecule has 4 bridgehead atoms. The summed E-state index contributed by atoms with van der Waals surface area (Å²) in [6, 6.07) is 6.96. The third-order valence-corrected chi connectivity index (χ3v) is 8.21. The van der Waals surface area contributed by atoms with Crippen LogP contribution >= 0.6 is 11.6 Å². The number of halogens is 1. The number of nitrogens with zero attached hydrogens (tertiary/aromatic N) is 2. The van der Waals surface area contributed by atoms with Gasteiger partial charge >= 0.3 is 6.03 Å². The van der Waals surface area contributed by atoms with E-state index in [1.807, 2.05) is 4.90 Å². The van der Waals surface area contributed by atoms with Crippen molar-refractivity contribution in [2.45, 2.75) is 62.9 Å². The van der Waals surface area contributed by atoms with Gasteiger partial charge < -0.3 is 15.5 Å². The van der Waals surface area contributed by atoms with Crippen LogP contribution in [0, 0.1) is 17.8 Å². The molecule has 1 aromatic rings. The van der Waals surface area contributed by atoms with E-state index < -0.39 is 0 Å². The lowest BCUT2D eigenvalue weighted by molar-refractivity contribution is -0.0873. The molecule has 1 saturated heterocycles. The van der Waals surface area contributed by atoms with E-state index in [2.05, 4.69) is 4.90 Å². The van der Waals surface area contributed by atoms with Gasteiger partial charge in [-0.15, -0.1) is 0 Å². The molecule has 5 nitrogen and oxygen atoms in total. The maximum absolute atomic E-state index is 12.8. The first-order valence-electron chi connectivity index (χ1n) is 11.1. The summed E-state index contributed by atoms with van der Waals surface area (Å²) in [6.45, 7) is 1.34. The van der Waals surface area contributed by atoms with Crippen LogP contribution in [0.4, 0.5) is 4.79 Å². The molecule has 1 aromatic carbocycles. The van der Waals surface area contributed by atoms with Crippen LogP contribution in [0.3, 0.4) is 0 Å². The molecule has 4 aliphatic carbocycles. The van der Waals surface area contributed by atoms with Gasteiger partial charge in [-0.05, 0) is 93.4 Å². The normalized spacial score (nSPS) is 33.7. The zero-order valence-corrected chi connectivity index (χ0v) is 17.6. The van der Waals surface area contributed by atoms with E-state index >= 15 is 0 Å². The minimum Gasteiger partial charge on any atom is -0.351 e. The van der Waals surface area contributed by atoms with Crippen LogP contribution < -0.4 is 5.73 Å². The highest BCUT2D eigenvalue weighted by atomic mass is 35.5. The highest BCUT2D eigenvalue weighted by Gasteiger charge is 2.56. The van der Waals surface area contributed by atoms with Crippen molar-refractivity contribution < 1.29 is 9.59 Å². The molecule has 0 atom stereocenters. The van der Waals surface area contributed by atoms with Gasteiger partial charge in [-0.1, -0.05) is 11.6 Å². The zero-order valence-electron chi connectivity index (χ0n) is 16.9. The van der Waals surface area contributed by atoms with Crippen molar-refractivity contribution in [3.05, 3.63) is 34.9 Å². The molecule has 0 spiro atoms. The number of nitrogens with two attached hydrogens (primary N) is 1. The van der Waals surface area contributed by atoms with Gasteiger partial charge in [-0.2, -0.15) is 0 Å². The Hall–Kier alpha value is -1.75. The Kier molecular flexibility index (Phi) is 4.77. The largest absolute Gasteiger partial charge is 0.351 e. The molecule has 4 saturated carbocycles. The van der Waals surface area contributed by atoms with Crippen LogP contribution in [0.25, 0.3) is 0 Å². The van der Waals surface area contributed by atoms with Gasteiger partial charge in [0.15, 0.2) is 0 Å². The van der Waals surface area contributed by atoms with Gasteiger partial charge in [0.1, 0.15) is 0 Å². The molecular weight excluding hydrogens is 386 g/mol. The van der Waals surface area contributed by atoms with Gasteiger partial charge in [-0.3, -0.25) is 4.79 Å². The Morgan fingerprint density at radius 2 is 1.48 bits per heavy atom. The number of likely N-dealkylation sites (tertiary alicyclic amines) is 1. The predicted molar refractivity (Wildman–Crippen MR) is 113 cm³/mol. The number of piperidine rings is 1. The van der Waals surface area contributed by atoms with Crippen LogP contribution in [0.1, 0.15) is 61.7 Å². The molecule has 0 radical (unpaired) electrons. The van der Waals surface area contributed by atoms with Crippen molar-refractivity contribution in [2.24, 2.45) is 23.5 Å². The Morgan fingerprint density at radius 1 is 0.966 bits per heavy atom. The van der Waals surface area contributed by atoms with E-state index in [9.17, 15) is 9.59 Å². The number of benzene rings is 1. The first-order chi connectivity index (χ1) is 13.9. The number of urea groups is 1. The van der Waals surface area contributed by atoms with E-state index in [0.717, 1.165) is 49.9 Å². The van der Waals surface area contributed by atoms with Gasteiger partial charge in [0, 0.05) is 35.3 Å². The standard InChI is InChI=1S/C23H30ClN3O2/c24-19-3-1-18(2-4-19)21(28)26-7-5-20(6-8-26)27(22(25)29)23-12-15-9-16(13-23)11-17(10-15)14-23/h1-4,15-17,20H,5-14H2,(H2,25,29). The third kappa shape index (κ3) is 3.41. The Labute approximate surface area is 177 Å². The van der Waals surface area contributed by atoms with Crippen LogP contribution in [-0.4, -0.2) is 46.4 Å². The maximum Gasteiger partial charge on any atom is 0.315 e. The quantitative estimate of drug-likeness (QED) is 0.799. The lowest BCUT2D eigenvalue weighted by atomic mass is 9.52. The molecule has 5 aliphatic rings. The van der Waals surface area contributed by atoms with Crippen molar-refractivity contribution >= 4 is 23.5 Å². The first-order valence-corrected chi connectivity index (χ1v) is 11.4. The fraction of sp³-hybridized carbons (Fsp3) is 0.652. The molecule has 0 unspecified atom stereocenters. The summed E-state index contributed by atoms with van der Waals surface area (Å²) in [5.41, 5.74) is 6.63. The van der Waals surface area contributed by atoms with Crippen LogP contribution in [0.5, 0.6) is 0 Å². The number of rotatable bonds is 3. The number of hydrogen-bond acceptors (Lipinski definition) is 2. The van der Waals surface area contributed by atoms with Gasteiger partial charge in [0.25, 0.3) is 5.91 Å². The lowest BCUT2D eigenvalue weighted by Gasteiger charge is -2.62. The topological polar surface area (TPSA) is 66.6 Å². The second-order valence-corrected chi connectivity index (χ2v) is 10.3. The minimum atomic E-state index is -0.255. The Bertz CT molecular complexity index is 766. The molecule has 2 N–H and O–H groups in total. The van der Waals surface area contributed by atoms with E-state index in [1.54, 1.807) is 24.3 Å². The van der Waals surface area contributed by atoms with E-state index in [-0.39, 0.29) is 23.5 Å². The summed E-state index contributed by atoms with van der Waals surface area (Å²) in [6.07, 6.45) is 9.05. The summed E-state index contributed by atoms with van der Waals surface area (Å²) in [5, 5.41) is 0.632. The molecule has 3 amide bonds. The summed E-state index contributed by atoms with van der Waals surface area (Å²) < 4.78 is 0. The number of primary amides is 1. The summed E-state index contributed by atoms with van der Waals surface area (Å²) >= 11 is 5.94. The second kappa shape index (κ2) is 7.19. The molecule has 29 heavy (non-hydrogen) atoms. The van der Waals surface area contributed by atoms with Crippen LogP contribution in [-0.2, 0) is 0 Å².